The number of aliphatic hydroxyl groups is 1. The summed E-state index contributed by atoms with van der Waals surface area (Å²) in [4.78, 5) is 14.1. The molecule has 2 aromatic heterocycles. The van der Waals surface area contributed by atoms with Crippen molar-refractivity contribution in [2.24, 2.45) is 0 Å². The molecule has 0 fully saturated rings. The number of benzene rings is 1. The van der Waals surface area contributed by atoms with Crippen molar-refractivity contribution in [3.05, 3.63) is 65.5 Å². The second-order valence-electron chi connectivity index (χ2n) is 5.11. The number of hydrogen-bond acceptors (Lipinski definition) is 6. The smallest absolute Gasteiger partial charge is 0.306 e. The summed E-state index contributed by atoms with van der Waals surface area (Å²) >= 11 is 0. The average molecular weight is 329 g/mol. The summed E-state index contributed by atoms with van der Waals surface area (Å²) in [7, 11) is 0. The maximum absolute atomic E-state index is 10.6. The van der Waals surface area contributed by atoms with Gasteiger partial charge in [0, 0.05) is 18.5 Å². The van der Waals surface area contributed by atoms with Crippen molar-refractivity contribution >= 4 is 5.69 Å². The number of nitro groups is 1. The molecule has 9 nitrogen and oxygen atoms in total. The van der Waals surface area contributed by atoms with Gasteiger partial charge < -0.3 is 14.4 Å². The highest BCUT2D eigenvalue weighted by Gasteiger charge is 2.12. The molecule has 0 aliphatic carbocycles. The van der Waals surface area contributed by atoms with Gasteiger partial charge in [-0.2, -0.15) is 5.10 Å². The number of imidazole rings is 1. The molecule has 3 rings (SSSR count). The van der Waals surface area contributed by atoms with Crippen LogP contribution in [0.5, 0.6) is 5.75 Å². The Labute approximate surface area is 136 Å². The van der Waals surface area contributed by atoms with Gasteiger partial charge in [-0.1, -0.05) is 6.07 Å². The SMILES string of the molecule is O=[N+]([O-])c1cnn(CC(O)COc2cccc(-n3ccnc3)c2)c1. The summed E-state index contributed by atoms with van der Waals surface area (Å²) in [5.41, 5.74) is 0.776. The Bertz CT molecular complexity index is 815. The van der Waals surface area contributed by atoms with E-state index in [1.807, 2.05) is 29.0 Å². The van der Waals surface area contributed by atoms with Gasteiger partial charge >= 0.3 is 5.69 Å². The van der Waals surface area contributed by atoms with Crippen LogP contribution in [0.4, 0.5) is 5.69 Å². The van der Waals surface area contributed by atoms with Gasteiger partial charge in [-0.15, -0.1) is 0 Å². The minimum atomic E-state index is -0.846. The number of rotatable bonds is 7. The van der Waals surface area contributed by atoms with Crippen molar-refractivity contribution in [2.75, 3.05) is 6.61 Å². The third-order valence-corrected chi connectivity index (χ3v) is 3.29. The zero-order valence-corrected chi connectivity index (χ0v) is 12.6. The third-order valence-electron chi connectivity index (χ3n) is 3.29. The minimum absolute atomic E-state index is 0.0427. The Morgan fingerprint density at radius 1 is 1.42 bits per heavy atom. The lowest BCUT2D eigenvalue weighted by Gasteiger charge is -2.13. The fourth-order valence-corrected chi connectivity index (χ4v) is 2.15. The summed E-state index contributed by atoms with van der Waals surface area (Å²) < 4.78 is 8.73. The maximum Gasteiger partial charge on any atom is 0.306 e. The molecule has 0 saturated carbocycles. The van der Waals surface area contributed by atoms with Crippen molar-refractivity contribution in [1.82, 2.24) is 19.3 Å². The van der Waals surface area contributed by atoms with Crippen LogP contribution < -0.4 is 4.74 Å². The molecule has 9 heteroatoms. The van der Waals surface area contributed by atoms with Gasteiger partial charge in [-0.05, 0) is 12.1 Å². The monoisotopic (exact) mass is 329 g/mol. The summed E-state index contributed by atoms with van der Waals surface area (Å²) in [6, 6.07) is 7.36. The molecule has 2 heterocycles. The second-order valence-corrected chi connectivity index (χ2v) is 5.11. The van der Waals surface area contributed by atoms with Crippen LogP contribution in [0.15, 0.2) is 55.4 Å². The van der Waals surface area contributed by atoms with Crippen LogP contribution in [-0.2, 0) is 6.54 Å². The van der Waals surface area contributed by atoms with Crippen LogP contribution in [0, 0.1) is 10.1 Å². The predicted molar refractivity (Wildman–Crippen MR) is 83.9 cm³/mol. The molecule has 0 saturated heterocycles. The van der Waals surface area contributed by atoms with E-state index in [2.05, 4.69) is 10.1 Å². The number of ether oxygens (including phenoxy) is 1. The van der Waals surface area contributed by atoms with Gasteiger partial charge in [0.25, 0.3) is 0 Å². The molecule has 0 spiro atoms. The number of nitrogens with zero attached hydrogens (tertiary/aromatic N) is 5. The molecular weight excluding hydrogens is 314 g/mol. The molecule has 3 aromatic rings. The first-order valence-corrected chi connectivity index (χ1v) is 7.18. The van der Waals surface area contributed by atoms with Crippen molar-refractivity contribution in [3.8, 4) is 11.4 Å². The molecule has 1 unspecified atom stereocenters. The molecule has 1 N–H and O–H groups in total. The third kappa shape index (κ3) is 3.76. The van der Waals surface area contributed by atoms with Crippen molar-refractivity contribution < 1.29 is 14.8 Å². The Morgan fingerprint density at radius 2 is 2.29 bits per heavy atom. The molecular formula is C15H15N5O4. The highest BCUT2D eigenvalue weighted by atomic mass is 16.6. The topological polar surface area (TPSA) is 108 Å². The average Bonchev–Trinajstić information content (AvgIpc) is 3.25. The van der Waals surface area contributed by atoms with E-state index in [0.717, 1.165) is 11.9 Å². The summed E-state index contributed by atoms with van der Waals surface area (Å²) in [6.45, 7) is 0.149. The Balaban J connectivity index is 1.57. The standard InChI is InChI=1S/C15H15N5O4/c21-14(9-19-8-13(7-17-19)20(22)23)10-24-15-3-1-2-12(6-15)18-5-4-16-11-18/h1-8,11,14,21H,9-10H2. The van der Waals surface area contributed by atoms with Crippen molar-refractivity contribution in [1.29, 1.82) is 0 Å². The van der Waals surface area contributed by atoms with Crippen LogP contribution in [0.25, 0.3) is 5.69 Å². The number of aromatic nitrogens is 4. The first kappa shape index (κ1) is 15.7. The van der Waals surface area contributed by atoms with Crippen LogP contribution in [0.2, 0.25) is 0 Å². The van der Waals surface area contributed by atoms with Crippen LogP contribution >= 0.6 is 0 Å². The molecule has 0 aliphatic heterocycles. The van der Waals surface area contributed by atoms with Crippen molar-refractivity contribution in [2.45, 2.75) is 12.6 Å². The number of hydrogen-bond donors (Lipinski definition) is 1. The van der Waals surface area contributed by atoms with Gasteiger partial charge in [-0.25, -0.2) is 4.98 Å². The van der Waals surface area contributed by atoms with Gasteiger partial charge in [0.1, 0.15) is 30.9 Å². The fourth-order valence-electron chi connectivity index (χ4n) is 2.15. The lowest BCUT2D eigenvalue weighted by molar-refractivity contribution is -0.385. The maximum atomic E-state index is 10.6. The molecule has 0 bridgehead atoms. The molecule has 0 aliphatic rings. The van der Waals surface area contributed by atoms with Gasteiger partial charge in [0.05, 0.1) is 23.5 Å². The lowest BCUT2D eigenvalue weighted by atomic mass is 10.3. The minimum Gasteiger partial charge on any atom is -0.491 e. The number of aliphatic hydroxyl groups excluding tert-OH is 1. The van der Waals surface area contributed by atoms with Crippen LogP contribution in [0.3, 0.4) is 0 Å². The van der Waals surface area contributed by atoms with Crippen LogP contribution in [0.1, 0.15) is 0 Å². The Kier molecular flexibility index (Phi) is 4.52. The normalized spacial score (nSPS) is 12.0. The zero-order chi connectivity index (χ0) is 16.9. The lowest BCUT2D eigenvalue weighted by Crippen LogP contribution is -2.23. The van der Waals surface area contributed by atoms with E-state index in [1.165, 1.54) is 10.9 Å². The predicted octanol–water partition coefficient (Wildman–Crippen LogP) is 1.42. The molecule has 0 amide bonds. The van der Waals surface area contributed by atoms with Crippen LogP contribution in [-0.4, -0.2) is 42.1 Å². The van der Waals surface area contributed by atoms with E-state index < -0.39 is 11.0 Å². The van der Waals surface area contributed by atoms with Gasteiger partial charge in [-0.3, -0.25) is 14.8 Å². The molecule has 0 radical (unpaired) electrons. The Morgan fingerprint density at radius 3 is 3.00 bits per heavy atom. The summed E-state index contributed by atoms with van der Waals surface area (Å²) in [5, 5.41) is 24.4. The molecule has 1 atom stereocenters. The molecule has 124 valence electrons. The van der Waals surface area contributed by atoms with E-state index in [-0.39, 0.29) is 18.8 Å². The Hall–Kier alpha value is -3.20. The fraction of sp³-hybridized carbons (Fsp3) is 0.200. The first-order chi connectivity index (χ1) is 11.6. The molecule has 24 heavy (non-hydrogen) atoms. The quantitative estimate of drug-likeness (QED) is 0.519. The summed E-state index contributed by atoms with van der Waals surface area (Å²) in [5.74, 6) is 0.603. The second kappa shape index (κ2) is 6.92. The van der Waals surface area contributed by atoms with E-state index >= 15 is 0 Å². The van der Waals surface area contributed by atoms with Gasteiger partial charge in [0.15, 0.2) is 0 Å². The molecule has 1 aromatic carbocycles. The first-order valence-electron chi connectivity index (χ1n) is 7.18. The largest absolute Gasteiger partial charge is 0.491 e. The highest BCUT2D eigenvalue weighted by Crippen LogP contribution is 2.17. The van der Waals surface area contributed by atoms with Crippen molar-refractivity contribution in [3.63, 3.8) is 0 Å². The zero-order valence-electron chi connectivity index (χ0n) is 12.6. The van der Waals surface area contributed by atoms with E-state index in [1.54, 1.807) is 18.6 Å². The van der Waals surface area contributed by atoms with Gasteiger partial charge in [0.2, 0.25) is 0 Å². The van der Waals surface area contributed by atoms with E-state index in [9.17, 15) is 15.2 Å². The van der Waals surface area contributed by atoms with E-state index in [4.69, 9.17) is 4.74 Å². The summed E-state index contributed by atoms with van der Waals surface area (Å²) in [6.07, 6.45) is 6.74. The highest BCUT2D eigenvalue weighted by molar-refractivity contribution is 5.39. The van der Waals surface area contributed by atoms with E-state index in [0.29, 0.717) is 5.75 Å².